The normalized spacial score (nSPS) is 32.0. The Morgan fingerprint density at radius 3 is 2.64 bits per heavy atom. The van der Waals surface area contributed by atoms with Crippen LogP contribution in [0.1, 0.15) is 30.9 Å². The molecule has 3 rings (SSSR count). The van der Waals surface area contributed by atoms with Crippen molar-refractivity contribution in [2.45, 2.75) is 43.6 Å². The van der Waals surface area contributed by atoms with Crippen LogP contribution in [0, 0.1) is 0 Å². The number of aliphatic hydroxyl groups excluding tert-OH is 3. The fourth-order valence-corrected chi connectivity index (χ4v) is 3.23. The Morgan fingerprint density at radius 1 is 1.23 bits per heavy atom. The minimum atomic E-state index is -1.23. The van der Waals surface area contributed by atoms with E-state index in [0.29, 0.717) is 12.1 Å². The Morgan fingerprint density at radius 2 is 1.95 bits per heavy atom. The van der Waals surface area contributed by atoms with Crippen LogP contribution in [0.25, 0.3) is 0 Å². The van der Waals surface area contributed by atoms with E-state index in [2.05, 4.69) is 4.98 Å². The van der Waals surface area contributed by atoms with E-state index in [1.165, 1.54) is 6.08 Å². The summed E-state index contributed by atoms with van der Waals surface area (Å²) in [6, 6.07) is 3.80. The number of hydrogen-bond donors (Lipinski definition) is 3. The van der Waals surface area contributed by atoms with Gasteiger partial charge in [0.05, 0.1) is 12.1 Å². The number of carbonyl (C=O) groups is 1. The Hall–Kier alpha value is -1.76. The lowest BCUT2D eigenvalue weighted by atomic mass is 9.91. The lowest BCUT2D eigenvalue weighted by molar-refractivity contribution is -0.129. The molecule has 1 saturated heterocycles. The number of rotatable bonds is 2. The van der Waals surface area contributed by atoms with Gasteiger partial charge in [0.15, 0.2) is 0 Å². The highest BCUT2D eigenvalue weighted by Crippen LogP contribution is 2.34. The van der Waals surface area contributed by atoms with Crippen LogP contribution >= 0.6 is 0 Å². The molecule has 4 atom stereocenters. The Kier molecular flexibility index (Phi) is 4.24. The van der Waals surface area contributed by atoms with Crippen LogP contribution in [0.3, 0.4) is 0 Å². The van der Waals surface area contributed by atoms with Crippen LogP contribution in [-0.2, 0) is 4.79 Å². The number of aliphatic hydroxyl groups is 3. The Bertz CT molecular complexity index is 575. The van der Waals surface area contributed by atoms with E-state index in [1.807, 2.05) is 12.1 Å². The largest absolute Gasteiger partial charge is 0.390 e. The SMILES string of the molecule is O=C(C1=C[C@@H](O)[C@@H](O)[C@H](O)C1)N1CCCC1c1ccncc1. The summed E-state index contributed by atoms with van der Waals surface area (Å²) in [7, 11) is 0. The lowest BCUT2D eigenvalue weighted by Crippen LogP contribution is -2.43. The summed E-state index contributed by atoms with van der Waals surface area (Å²) in [4.78, 5) is 18.5. The molecule has 0 saturated carbocycles. The van der Waals surface area contributed by atoms with E-state index >= 15 is 0 Å². The molecule has 1 aliphatic heterocycles. The molecule has 22 heavy (non-hydrogen) atoms. The molecule has 1 aromatic rings. The molecule has 1 fully saturated rings. The van der Waals surface area contributed by atoms with Gasteiger partial charge in [-0.3, -0.25) is 9.78 Å². The number of likely N-dealkylation sites (tertiary alicyclic amines) is 1. The van der Waals surface area contributed by atoms with Gasteiger partial charge in [-0.2, -0.15) is 0 Å². The van der Waals surface area contributed by atoms with Gasteiger partial charge in [-0.1, -0.05) is 0 Å². The van der Waals surface area contributed by atoms with Gasteiger partial charge in [-0.15, -0.1) is 0 Å². The molecule has 2 aliphatic rings. The minimum Gasteiger partial charge on any atom is -0.390 e. The topological polar surface area (TPSA) is 93.9 Å². The predicted molar refractivity (Wildman–Crippen MR) is 78.6 cm³/mol. The highest BCUT2D eigenvalue weighted by molar-refractivity contribution is 5.94. The number of pyridine rings is 1. The zero-order valence-electron chi connectivity index (χ0n) is 12.2. The first-order valence-corrected chi connectivity index (χ1v) is 7.53. The van der Waals surface area contributed by atoms with Gasteiger partial charge in [0, 0.05) is 30.9 Å². The van der Waals surface area contributed by atoms with Crippen LogP contribution in [0.4, 0.5) is 0 Å². The first-order chi connectivity index (χ1) is 10.6. The zero-order valence-corrected chi connectivity index (χ0v) is 12.2. The standard InChI is InChI=1S/C16H20N2O4/c19-13-8-11(9-14(20)15(13)21)16(22)18-7-1-2-12(18)10-3-5-17-6-4-10/h3-6,8,12-15,19-21H,1-2,7,9H2/t12?,13-,14-,15-/m1/s1. The molecule has 0 aromatic carbocycles. The van der Waals surface area contributed by atoms with Crippen LogP contribution in [0.2, 0.25) is 0 Å². The Labute approximate surface area is 128 Å². The second kappa shape index (κ2) is 6.16. The van der Waals surface area contributed by atoms with Crippen molar-refractivity contribution in [3.63, 3.8) is 0 Å². The van der Waals surface area contributed by atoms with Crippen molar-refractivity contribution >= 4 is 5.91 Å². The summed E-state index contributed by atoms with van der Waals surface area (Å²) in [6.07, 6.45) is 3.10. The summed E-state index contributed by atoms with van der Waals surface area (Å²) in [6.45, 7) is 0.651. The third-order valence-corrected chi connectivity index (χ3v) is 4.42. The van der Waals surface area contributed by atoms with E-state index in [4.69, 9.17) is 0 Å². The second-order valence-electron chi connectivity index (χ2n) is 5.88. The number of hydrogen-bond acceptors (Lipinski definition) is 5. The summed E-state index contributed by atoms with van der Waals surface area (Å²) >= 11 is 0. The van der Waals surface area contributed by atoms with Crippen molar-refractivity contribution < 1.29 is 20.1 Å². The molecule has 6 heteroatoms. The Balaban J connectivity index is 1.81. The van der Waals surface area contributed by atoms with E-state index in [1.54, 1.807) is 17.3 Å². The van der Waals surface area contributed by atoms with Crippen LogP contribution in [0.15, 0.2) is 36.2 Å². The van der Waals surface area contributed by atoms with Gasteiger partial charge >= 0.3 is 0 Å². The molecule has 1 aromatic heterocycles. The molecular formula is C16H20N2O4. The van der Waals surface area contributed by atoms with Crippen molar-refractivity contribution in [3.8, 4) is 0 Å². The monoisotopic (exact) mass is 304 g/mol. The zero-order chi connectivity index (χ0) is 15.7. The fourth-order valence-electron chi connectivity index (χ4n) is 3.23. The molecule has 1 aliphatic carbocycles. The average Bonchev–Trinajstić information content (AvgIpc) is 3.01. The van der Waals surface area contributed by atoms with E-state index in [-0.39, 0.29) is 18.4 Å². The summed E-state index contributed by atoms with van der Waals surface area (Å²) in [5.74, 6) is -0.177. The number of amides is 1. The summed E-state index contributed by atoms with van der Waals surface area (Å²) in [5, 5.41) is 29.1. The van der Waals surface area contributed by atoms with Gasteiger partial charge in [-0.05, 0) is 36.6 Å². The van der Waals surface area contributed by atoms with Crippen LogP contribution < -0.4 is 0 Å². The first kappa shape index (κ1) is 15.1. The molecule has 3 N–H and O–H groups in total. The molecule has 2 heterocycles. The minimum absolute atomic E-state index is 0.00228. The van der Waals surface area contributed by atoms with Gasteiger partial charge < -0.3 is 20.2 Å². The van der Waals surface area contributed by atoms with Crippen LogP contribution in [0.5, 0.6) is 0 Å². The molecule has 0 spiro atoms. The quantitative estimate of drug-likeness (QED) is 0.723. The molecule has 118 valence electrons. The van der Waals surface area contributed by atoms with E-state index in [9.17, 15) is 20.1 Å². The maximum atomic E-state index is 12.7. The molecular weight excluding hydrogens is 284 g/mol. The van der Waals surface area contributed by atoms with Crippen molar-refractivity contribution in [3.05, 3.63) is 41.7 Å². The lowest BCUT2D eigenvalue weighted by Gasteiger charge is -2.31. The maximum Gasteiger partial charge on any atom is 0.250 e. The molecule has 0 bridgehead atoms. The molecule has 1 amide bonds. The third kappa shape index (κ3) is 2.77. The van der Waals surface area contributed by atoms with Crippen molar-refractivity contribution in [2.24, 2.45) is 0 Å². The molecule has 1 unspecified atom stereocenters. The summed E-state index contributed by atoms with van der Waals surface area (Å²) < 4.78 is 0. The van der Waals surface area contributed by atoms with Crippen molar-refractivity contribution in [2.75, 3.05) is 6.54 Å². The highest BCUT2D eigenvalue weighted by atomic mass is 16.4. The van der Waals surface area contributed by atoms with Gasteiger partial charge in [0.25, 0.3) is 0 Å². The number of nitrogens with zero attached hydrogens (tertiary/aromatic N) is 2. The molecule has 0 radical (unpaired) electrons. The molecule has 6 nitrogen and oxygen atoms in total. The maximum absolute atomic E-state index is 12.7. The predicted octanol–water partition coefficient (Wildman–Crippen LogP) is 0.158. The van der Waals surface area contributed by atoms with Crippen LogP contribution in [-0.4, -0.2) is 56.0 Å². The van der Waals surface area contributed by atoms with E-state index < -0.39 is 18.3 Å². The van der Waals surface area contributed by atoms with Crippen molar-refractivity contribution in [1.82, 2.24) is 9.88 Å². The number of carbonyl (C=O) groups excluding carboxylic acids is 1. The first-order valence-electron chi connectivity index (χ1n) is 7.53. The second-order valence-corrected chi connectivity index (χ2v) is 5.88. The van der Waals surface area contributed by atoms with Gasteiger partial charge in [0.2, 0.25) is 5.91 Å². The van der Waals surface area contributed by atoms with Gasteiger partial charge in [0.1, 0.15) is 12.2 Å². The smallest absolute Gasteiger partial charge is 0.250 e. The average molecular weight is 304 g/mol. The van der Waals surface area contributed by atoms with Gasteiger partial charge in [-0.25, -0.2) is 0 Å². The van der Waals surface area contributed by atoms with E-state index in [0.717, 1.165) is 18.4 Å². The fraction of sp³-hybridized carbons (Fsp3) is 0.500. The number of aromatic nitrogens is 1. The third-order valence-electron chi connectivity index (χ3n) is 4.42. The highest BCUT2D eigenvalue weighted by Gasteiger charge is 2.36. The summed E-state index contributed by atoms with van der Waals surface area (Å²) in [5.41, 5.74) is 1.41. The van der Waals surface area contributed by atoms with Crippen molar-refractivity contribution in [1.29, 1.82) is 0 Å².